The maximum Gasteiger partial charge on any atom is 0.209 e. The summed E-state index contributed by atoms with van der Waals surface area (Å²) in [5.74, 6) is 2.15. The second-order valence-electron chi connectivity index (χ2n) is 10.3. The molecular weight excluding hydrogens is 550 g/mol. The molecule has 42 heavy (non-hydrogen) atoms. The van der Waals surface area contributed by atoms with E-state index >= 15 is 0 Å². The van der Waals surface area contributed by atoms with Gasteiger partial charge in [0.2, 0.25) is 21.3 Å². The van der Waals surface area contributed by atoms with Crippen molar-refractivity contribution in [2.45, 2.75) is 63.7 Å². The number of rotatable bonds is 13. The van der Waals surface area contributed by atoms with Crippen LogP contribution in [0.25, 0.3) is 5.57 Å². The summed E-state index contributed by atoms with van der Waals surface area (Å²) in [6.07, 6.45) is 0. The second-order valence-corrected chi connectivity index (χ2v) is 12.3. The molecule has 0 aromatic heterocycles. The highest BCUT2D eigenvalue weighted by Gasteiger charge is 2.48. The summed E-state index contributed by atoms with van der Waals surface area (Å²) in [5.41, 5.74) is 3.59. The molecule has 0 bridgehead atoms. The third-order valence-corrected chi connectivity index (χ3v) is 9.17. The van der Waals surface area contributed by atoms with Crippen molar-refractivity contribution < 1.29 is 31.9 Å². The van der Waals surface area contributed by atoms with E-state index in [2.05, 4.69) is 31.9 Å². The summed E-state index contributed by atoms with van der Waals surface area (Å²) in [6, 6.07) is 15.8. The van der Waals surface area contributed by atoms with Crippen LogP contribution >= 0.6 is 0 Å². The Kier molecular flexibility index (Phi) is 9.36. The average molecular weight is 593 g/mol. The van der Waals surface area contributed by atoms with Crippen LogP contribution in [0.2, 0.25) is 0 Å². The van der Waals surface area contributed by atoms with Crippen molar-refractivity contribution in [3.63, 3.8) is 0 Å². The van der Waals surface area contributed by atoms with Crippen LogP contribution in [-0.4, -0.2) is 51.7 Å². The summed E-state index contributed by atoms with van der Waals surface area (Å²) in [5, 5.41) is 0. The van der Waals surface area contributed by atoms with Gasteiger partial charge < -0.3 is 18.9 Å². The number of hydrogen-bond donors (Lipinski definition) is 0. The van der Waals surface area contributed by atoms with Crippen LogP contribution in [0.1, 0.15) is 59.6 Å². The summed E-state index contributed by atoms with van der Waals surface area (Å²) < 4.78 is 53.7. The van der Waals surface area contributed by atoms with Gasteiger partial charge >= 0.3 is 0 Å². The predicted molar refractivity (Wildman–Crippen MR) is 167 cm³/mol. The third-order valence-electron chi connectivity index (χ3n) is 7.40. The van der Waals surface area contributed by atoms with Crippen molar-refractivity contribution in [1.82, 2.24) is 0 Å². The van der Waals surface area contributed by atoms with Gasteiger partial charge in [-0.15, -0.1) is 0 Å². The SMILES string of the molecule is C=C(C1=[N+](CC)c2ccc(S(=O)(=O)c3ccccc3)cc2C1(C)C)c1c(OCC)cc(OCC)c(OCC)c1OCC. The van der Waals surface area contributed by atoms with Gasteiger partial charge in [0, 0.05) is 17.7 Å². The Hall–Kier alpha value is -3.78. The quantitative estimate of drug-likeness (QED) is 0.195. The van der Waals surface area contributed by atoms with Gasteiger partial charge in [0.1, 0.15) is 12.3 Å². The minimum Gasteiger partial charge on any atom is -0.493 e. The van der Waals surface area contributed by atoms with E-state index in [0.29, 0.717) is 67.1 Å². The predicted octanol–water partition coefficient (Wildman–Crippen LogP) is 7.22. The van der Waals surface area contributed by atoms with Crippen molar-refractivity contribution in [3.8, 4) is 23.0 Å². The lowest BCUT2D eigenvalue weighted by atomic mass is 9.77. The first-order valence-corrected chi connectivity index (χ1v) is 16.1. The lowest BCUT2D eigenvalue weighted by molar-refractivity contribution is -0.432. The first-order valence-electron chi connectivity index (χ1n) is 14.6. The molecular formula is C34H42NO6S+. The first-order chi connectivity index (χ1) is 20.1. The topological polar surface area (TPSA) is 74.1 Å². The molecule has 0 radical (unpaired) electrons. The van der Waals surface area contributed by atoms with E-state index in [-0.39, 0.29) is 9.79 Å². The normalized spacial score (nSPS) is 14.0. The number of sulfone groups is 1. The molecule has 7 nitrogen and oxygen atoms in total. The van der Waals surface area contributed by atoms with Gasteiger partial charge in [0.25, 0.3) is 0 Å². The number of ether oxygens (including phenoxy) is 4. The molecule has 1 heterocycles. The van der Waals surface area contributed by atoms with Gasteiger partial charge in [-0.2, -0.15) is 4.58 Å². The number of nitrogens with zero attached hydrogens (tertiary/aromatic N) is 1. The van der Waals surface area contributed by atoms with E-state index < -0.39 is 15.3 Å². The zero-order valence-corrected chi connectivity index (χ0v) is 26.6. The van der Waals surface area contributed by atoms with Crippen LogP contribution in [0.5, 0.6) is 23.0 Å². The molecule has 3 aromatic rings. The summed E-state index contributed by atoms with van der Waals surface area (Å²) in [7, 11) is -3.70. The van der Waals surface area contributed by atoms with E-state index in [4.69, 9.17) is 18.9 Å². The molecule has 0 atom stereocenters. The Morgan fingerprint density at radius 1 is 0.762 bits per heavy atom. The molecule has 4 rings (SSSR count). The highest BCUT2D eigenvalue weighted by molar-refractivity contribution is 7.91. The lowest BCUT2D eigenvalue weighted by Crippen LogP contribution is -2.30. The molecule has 8 heteroatoms. The van der Waals surface area contributed by atoms with E-state index in [0.717, 1.165) is 17.0 Å². The van der Waals surface area contributed by atoms with Gasteiger partial charge in [-0.25, -0.2) is 8.42 Å². The van der Waals surface area contributed by atoms with E-state index in [1.54, 1.807) is 36.4 Å². The maximum absolute atomic E-state index is 13.6. The molecule has 0 unspecified atom stereocenters. The fraction of sp³-hybridized carbons (Fsp3) is 0.382. The van der Waals surface area contributed by atoms with Crippen molar-refractivity contribution >= 4 is 26.8 Å². The van der Waals surface area contributed by atoms with E-state index in [1.165, 1.54) is 0 Å². The van der Waals surface area contributed by atoms with Gasteiger partial charge in [0.05, 0.1) is 52.8 Å². The zero-order chi connectivity index (χ0) is 30.7. The van der Waals surface area contributed by atoms with Gasteiger partial charge in [-0.1, -0.05) is 24.8 Å². The Balaban J connectivity index is 1.93. The zero-order valence-electron chi connectivity index (χ0n) is 25.7. The Morgan fingerprint density at radius 2 is 1.36 bits per heavy atom. The molecule has 0 saturated carbocycles. The minimum atomic E-state index is -3.70. The molecule has 1 aliphatic heterocycles. The molecule has 224 valence electrons. The van der Waals surface area contributed by atoms with Gasteiger partial charge in [-0.3, -0.25) is 0 Å². The van der Waals surface area contributed by atoms with Crippen LogP contribution in [0.3, 0.4) is 0 Å². The molecule has 1 aliphatic rings. The van der Waals surface area contributed by atoms with Gasteiger partial charge in [0.15, 0.2) is 17.2 Å². The average Bonchev–Trinajstić information content (AvgIpc) is 3.21. The van der Waals surface area contributed by atoms with Crippen LogP contribution in [0, 0.1) is 0 Å². The number of allylic oxidation sites excluding steroid dienone is 1. The van der Waals surface area contributed by atoms with Crippen LogP contribution in [0.15, 0.2) is 71.0 Å². The first kappa shape index (κ1) is 31.2. The van der Waals surface area contributed by atoms with Gasteiger partial charge in [-0.05, 0) is 72.7 Å². The molecule has 3 aromatic carbocycles. The fourth-order valence-corrected chi connectivity index (χ4v) is 7.01. The summed E-state index contributed by atoms with van der Waals surface area (Å²) >= 11 is 0. The Labute approximate surface area is 250 Å². The highest BCUT2D eigenvalue weighted by atomic mass is 32.2. The fourth-order valence-electron chi connectivity index (χ4n) is 5.70. The number of fused-ring (bicyclic) bond motifs is 1. The van der Waals surface area contributed by atoms with Crippen LogP contribution in [-0.2, 0) is 15.3 Å². The number of hydrogen-bond acceptors (Lipinski definition) is 6. The molecule has 0 aliphatic carbocycles. The summed E-state index contributed by atoms with van der Waals surface area (Å²) in [4.78, 5) is 0.524. The Bertz CT molecular complexity index is 1610. The van der Waals surface area contributed by atoms with Crippen LogP contribution < -0.4 is 18.9 Å². The summed E-state index contributed by atoms with van der Waals surface area (Å²) in [6.45, 7) is 20.9. The van der Waals surface area contributed by atoms with Crippen molar-refractivity contribution in [2.24, 2.45) is 0 Å². The molecule has 0 spiro atoms. The molecule has 0 N–H and O–H groups in total. The molecule has 0 amide bonds. The smallest absolute Gasteiger partial charge is 0.209 e. The largest absolute Gasteiger partial charge is 0.493 e. The van der Waals surface area contributed by atoms with E-state index in [9.17, 15) is 8.42 Å². The standard InChI is InChI=1S/C34H42NO6S/c1-9-35-27-20-19-25(42(36,37)24-17-15-14-16-18-24)21-26(27)34(7,8)33(35)23(6)30-28(38-10-2)22-29(39-11-3)31(40-12-4)32(30)41-13-5/h14-22H,6,9-13H2,1-5,7-8H3/q+1. The molecule has 0 fully saturated rings. The van der Waals surface area contributed by atoms with Crippen molar-refractivity contribution in [3.05, 3.63) is 72.3 Å². The number of benzene rings is 3. The van der Waals surface area contributed by atoms with Crippen LogP contribution in [0.4, 0.5) is 5.69 Å². The van der Waals surface area contributed by atoms with E-state index in [1.807, 2.05) is 45.9 Å². The van der Waals surface area contributed by atoms with Crippen molar-refractivity contribution in [2.75, 3.05) is 33.0 Å². The third kappa shape index (κ3) is 5.40. The highest BCUT2D eigenvalue weighted by Crippen LogP contribution is 2.52. The minimum absolute atomic E-state index is 0.258. The van der Waals surface area contributed by atoms with Crippen molar-refractivity contribution in [1.29, 1.82) is 0 Å². The monoisotopic (exact) mass is 592 g/mol. The second kappa shape index (κ2) is 12.6. The lowest BCUT2D eigenvalue weighted by Gasteiger charge is -2.25. The Morgan fingerprint density at radius 3 is 1.95 bits per heavy atom. The maximum atomic E-state index is 13.6. The molecule has 0 saturated heterocycles.